The van der Waals surface area contributed by atoms with Crippen molar-refractivity contribution in [2.75, 3.05) is 13.7 Å². The van der Waals surface area contributed by atoms with Gasteiger partial charge in [-0.3, -0.25) is 23.4 Å². The van der Waals surface area contributed by atoms with E-state index in [1.165, 1.54) is 13.1 Å². The summed E-state index contributed by atoms with van der Waals surface area (Å²) >= 11 is 0. The van der Waals surface area contributed by atoms with Crippen molar-refractivity contribution in [1.82, 2.24) is 9.55 Å². The van der Waals surface area contributed by atoms with E-state index >= 15 is 0 Å². The largest absolute Gasteiger partial charge is 0.472 e. The van der Waals surface area contributed by atoms with Crippen molar-refractivity contribution < 1.29 is 28.3 Å². The van der Waals surface area contributed by atoms with E-state index in [2.05, 4.69) is 14.0 Å². The molecule has 11 heteroatoms. The zero-order chi connectivity index (χ0) is 16.5. The highest BCUT2D eigenvalue weighted by Gasteiger charge is 2.37. The van der Waals surface area contributed by atoms with Crippen molar-refractivity contribution in [1.29, 1.82) is 0 Å². The molecule has 3 N–H and O–H groups in total. The molecule has 0 spiro atoms. The lowest BCUT2D eigenvalue weighted by molar-refractivity contribution is -0.0458. The normalized spacial score (nSPS) is 27.7. The molecule has 1 aliphatic rings. The fourth-order valence-corrected chi connectivity index (χ4v) is 2.50. The topological polar surface area (TPSA) is 140 Å². The Morgan fingerprint density at radius 1 is 1.55 bits per heavy atom. The SMILES string of the molecule is COP(=O)(O)OC[C@H]1O[C@@H](n2cc(C)c(=O)[nH]c2=O)C[C@@H]1O. The zero-order valence-electron chi connectivity index (χ0n) is 12.0. The summed E-state index contributed by atoms with van der Waals surface area (Å²) in [7, 11) is -3.16. The fraction of sp³-hybridized carbons (Fsp3) is 0.636. The van der Waals surface area contributed by atoms with Gasteiger partial charge in [-0.15, -0.1) is 0 Å². The Bertz CT molecular complexity index is 698. The molecule has 124 valence electrons. The minimum Gasteiger partial charge on any atom is -0.390 e. The summed E-state index contributed by atoms with van der Waals surface area (Å²) in [4.78, 5) is 34.4. The van der Waals surface area contributed by atoms with E-state index < -0.39 is 37.5 Å². The van der Waals surface area contributed by atoms with Crippen LogP contribution in [0.3, 0.4) is 0 Å². The standard InChI is InChI=1S/C11H17N2O8P/c1-6-4-13(11(16)12-10(6)15)9-3-7(14)8(21-9)5-20-22(17,18)19-2/h4,7-9,14H,3,5H2,1-2H3,(H,17,18)(H,12,15,16)/t7-,8+,9+/m0/s1. The maximum Gasteiger partial charge on any atom is 0.472 e. The first kappa shape index (κ1) is 17.1. The average Bonchev–Trinajstić information content (AvgIpc) is 2.82. The molecule has 1 saturated heterocycles. The van der Waals surface area contributed by atoms with Gasteiger partial charge < -0.3 is 14.7 Å². The molecule has 1 aromatic heterocycles. The van der Waals surface area contributed by atoms with Crippen LogP contribution in [0.25, 0.3) is 0 Å². The molecule has 0 radical (unpaired) electrons. The maximum atomic E-state index is 11.8. The molecule has 0 aromatic carbocycles. The Kier molecular flexibility index (Phi) is 5.00. The number of nitrogens with one attached hydrogen (secondary N) is 1. The molecular weight excluding hydrogens is 319 g/mol. The number of rotatable bonds is 5. The van der Waals surface area contributed by atoms with Crippen LogP contribution in [-0.2, 0) is 18.3 Å². The van der Waals surface area contributed by atoms with E-state index in [9.17, 15) is 19.3 Å². The first-order chi connectivity index (χ1) is 10.2. The number of aliphatic hydroxyl groups is 1. The lowest BCUT2D eigenvalue weighted by Crippen LogP contribution is -2.33. The summed E-state index contributed by atoms with van der Waals surface area (Å²) in [5.41, 5.74) is -0.850. The van der Waals surface area contributed by atoms with Gasteiger partial charge in [-0.25, -0.2) is 9.36 Å². The van der Waals surface area contributed by atoms with Crippen LogP contribution in [0.2, 0.25) is 0 Å². The number of aliphatic hydroxyl groups excluding tert-OH is 1. The second-order valence-electron chi connectivity index (χ2n) is 4.86. The Hall–Kier alpha value is -1.29. The number of H-pyrrole nitrogens is 1. The van der Waals surface area contributed by atoms with Crippen LogP contribution >= 0.6 is 7.82 Å². The molecule has 2 rings (SSSR count). The number of aromatic amines is 1. The third-order valence-electron chi connectivity index (χ3n) is 3.29. The van der Waals surface area contributed by atoms with Crippen molar-refractivity contribution in [2.45, 2.75) is 31.8 Å². The summed E-state index contributed by atoms with van der Waals surface area (Å²) in [5, 5.41) is 9.90. The number of nitrogens with zero attached hydrogens (tertiary/aromatic N) is 1. The van der Waals surface area contributed by atoms with Gasteiger partial charge in [0.2, 0.25) is 0 Å². The summed E-state index contributed by atoms with van der Waals surface area (Å²) in [5.74, 6) is 0. The minimum absolute atomic E-state index is 0.0716. The number of ether oxygens (including phenoxy) is 1. The predicted octanol–water partition coefficient (Wildman–Crippen LogP) is -0.743. The Balaban J connectivity index is 2.11. The second-order valence-corrected chi connectivity index (χ2v) is 6.42. The minimum atomic E-state index is -4.18. The molecule has 2 heterocycles. The summed E-state index contributed by atoms with van der Waals surface area (Å²) in [6.45, 7) is 1.15. The number of aromatic nitrogens is 2. The Labute approximate surface area is 124 Å². The molecule has 1 unspecified atom stereocenters. The molecular formula is C11H17N2O8P. The molecule has 0 saturated carbocycles. The van der Waals surface area contributed by atoms with Crippen LogP contribution < -0.4 is 11.2 Å². The number of phosphoric acid groups is 1. The van der Waals surface area contributed by atoms with Crippen LogP contribution in [0, 0.1) is 6.92 Å². The van der Waals surface area contributed by atoms with Crippen molar-refractivity contribution in [3.05, 3.63) is 32.6 Å². The van der Waals surface area contributed by atoms with E-state index in [0.717, 1.165) is 11.7 Å². The highest BCUT2D eigenvalue weighted by Crippen LogP contribution is 2.43. The zero-order valence-corrected chi connectivity index (χ0v) is 12.9. The molecule has 10 nitrogen and oxygen atoms in total. The molecule has 1 fully saturated rings. The van der Waals surface area contributed by atoms with Crippen LogP contribution in [0.4, 0.5) is 0 Å². The van der Waals surface area contributed by atoms with E-state index in [4.69, 9.17) is 9.63 Å². The average molecular weight is 336 g/mol. The first-order valence-corrected chi connectivity index (χ1v) is 7.91. The third-order valence-corrected chi connectivity index (χ3v) is 4.23. The smallest absolute Gasteiger partial charge is 0.390 e. The van der Waals surface area contributed by atoms with E-state index in [-0.39, 0.29) is 13.0 Å². The lowest BCUT2D eigenvalue weighted by Gasteiger charge is -2.17. The molecule has 1 aliphatic heterocycles. The number of aryl methyl sites for hydroxylation is 1. The second kappa shape index (κ2) is 6.45. The quantitative estimate of drug-likeness (QED) is 0.597. The Morgan fingerprint density at radius 2 is 2.23 bits per heavy atom. The highest BCUT2D eigenvalue weighted by atomic mass is 31.2. The molecule has 0 amide bonds. The van der Waals surface area contributed by atoms with Gasteiger partial charge in [0, 0.05) is 25.3 Å². The number of phosphoric ester groups is 1. The van der Waals surface area contributed by atoms with Gasteiger partial charge in [0.1, 0.15) is 12.3 Å². The van der Waals surface area contributed by atoms with E-state index in [1.54, 1.807) is 0 Å². The number of hydrogen-bond donors (Lipinski definition) is 3. The van der Waals surface area contributed by atoms with Crippen LogP contribution in [0.15, 0.2) is 15.8 Å². The van der Waals surface area contributed by atoms with Crippen molar-refractivity contribution in [2.24, 2.45) is 0 Å². The highest BCUT2D eigenvalue weighted by molar-refractivity contribution is 7.47. The van der Waals surface area contributed by atoms with Gasteiger partial charge in [0.25, 0.3) is 5.56 Å². The molecule has 4 atom stereocenters. The van der Waals surface area contributed by atoms with Crippen LogP contribution in [-0.4, -0.2) is 45.5 Å². The van der Waals surface area contributed by atoms with Crippen molar-refractivity contribution in [3.8, 4) is 0 Å². The van der Waals surface area contributed by atoms with Gasteiger partial charge in [-0.2, -0.15) is 0 Å². The molecule has 0 bridgehead atoms. The Morgan fingerprint density at radius 3 is 2.86 bits per heavy atom. The summed E-state index contributed by atoms with van der Waals surface area (Å²) in [6, 6.07) is 0. The number of hydrogen-bond acceptors (Lipinski definition) is 7. The van der Waals surface area contributed by atoms with Gasteiger partial charge in [-0.1, -0.05) is 0 Å². The van der Waals surface area contributed by atoms with Crippen LogP contribution in [0.5, 0.6) is 0 Å². The van der Waals surface area contributed by atoms with Crippen molar-refractivity contribution in [3.63, 3.8) is 0 Å². The maximum absolute atomic E-state index is 11.8. The van der Waals surface area contributed by atoms with Crippen molar-refractivity contribution >= 4 is 7.82 Å². The van der Waals surface area contributed by atoms with Gasteiger partial charge >= 0.3 is 13.5 Å². The first-order valence-electron chi connectivity index (χ1n) is 6.42. The third kappa shape index (κ3) is 3.72. The molecule has 1 aromatic rings. The van der Waals surface area contributed by atoms with Gasteiger partial charge in [0.05, 0.1) is 12.7 Å². The van der Waals surface area contributed by atoms with E-state index in [0.29, 0.717) is 5.56 Å². The van der Waals surface area contributed by atoms with Gasteiger partial charge in [0.15, 0.2) is 0 Å². The fourth-order valence-electron chi connectivity index (χ4n) is 2.06. The van der Waals surface area contributed by atoms with E-state index in [1.807, 2.05) is 0 Å². The van der Waals surface area contributed by atoms with Crippen LogP contribution in [0.1, 0.15) is 18.2 Å². The predicted molar refractivity (Wildman–Crippen MR) is 73.4 cm³/mol. The molecule has 0 aliphatic carbocycles. The monoisotopic (exact) mass is 336 g/mol. The van der Waals surface area contributed by atoms with Gasteiger partial charge in [-0.05, 0) is 6.92 Å². The summed E-state index contributed by atoms with van der Waals surface area (Å²) in [6.07, 6.45) is -1.32. The lowest BCUT2D eigenvalue weighted by atomic mass is 10.2. The summed E-state index contributed by atoms with van der Waals surface area (Å²) < 4.78 is 26.7. The molecule has 22 heavy (non-hydrogen) atoms.